The minimum Gasteiger partial charge on any atom is -0.377 e. The molecule has 17 heavy (non-hydrogen) atoms. The Bertz CT molecular complexity index is 233. The van der Waals surface area contributed by atoms with Gasteiger partial charge >= 0.3 is 0 Å². The minimum absolute atomic E-state index is 0.324. The monoisotopic (exact) mass is 239 g/mol. The van der Waals surface area contributed by atoms with Crippen LogP contribution in [0.2, 0.25) is 0 Å². The summed E-state index contributed by atoms with van der Waals surface area (Å²) < 4.78 is 6.17. The Hall–Kier alpha value is -0.0800. The molecule has 2 atom stereocenters. The highest BCUT2D eigenvalue weighted by atomic mass is 16.5. The third kappa shape index (κ3) is 3.03. The quantitative estimate of drug-likeness (QED) is 0.794. The molecule has 1 N–H and O–H groups in total. The van der Waals surface area contributed by atoms with E-state index in [9.17, 15) is 0 Å². The summed E-state index contributed by atoms with van der Waals surface area (Å²) >= 11 is 0. The van der Waals surface area contributed by atoms with E-state index in [0.29, 0.717) is 17.6 Å². The lowest BCUT2D eigenvalue weighted by molar-refractivity contribution is -0.127. The van der Waals surface area contributed by atoms with Gasteiger partial charge in [-0.15, -0.1) is 0 Å². The van der Waals surface area contributed by atoms with Crippen molar-refractivity contribution in [3.63, 3.8) is 0 Å². The fraction of sp³-hybridized carbons (Fsp3) is 1.00. The SMILES string of the molecule is CCNC1CC(OCC2CCCCC2)C1(C)C. The minimum atomic E-state index is 0.324. The molecule has 0 heterocycles. The molecule has 0 aromatic carbocycles. The molecule has 2 rings (SSSR count). The first-order valence-corrected chi connectivity index (χ1v) is 7.49. The second kappa shape index (κ2) is 5.71. The molecule has 2 saturated carbocycles. The van der Waals surface area contributed by atoms with Crippen molar-refractivity contribution in [2.24, 2.45) is 11.3 Å². The molecule has 0 radical (unpaired) electrons. The first-order valence-electron chi connectivity index (χ1n) is 7.49. The molecule has 2 aliphatic rings. The number of ether oxygens (including phenoxy) is 1. The summed E-state index contributed by atoms with van der Waals surface area (Å²) in [6, 6.07) is 0.656. The lowest BCUT2D eigenvalue weighted by Crippen LogP contribution is -2.61. The predicted molar refractivity (Wildman–Crippen MR) is 72.2 cm³/mol. The van der Waals surface area contributed by atoms with Crippen molar-refractivity contribution < 1.29 is 4.74 Å². The van der Waals surface area contributed by atoms with Crippen molar-refractivity contribution in [2.45, 2.75) is 71.4 Å². The Morgan fingerprint density at radius 2 is 1.88 bits per heavy atom. The van der Waals surface area contributed by atoms with E-state index in [1.54, 1.807) is 0 Å². The summed E-state index contributed by atoms with van der Waals surface area (Å²) in [5.74, 6) is 0.845. The highest BCUT2D eigenvalue weighted by Crippen LogP contribution is 2.43. The van der Waals surface area contributed by atoms with Crippen LogP contribution in [0.3, 0.4) is 0 Å². The van der Waals surface area contributed by atoms with Gasteiger partial charge in [-0.25, -0.2) is 0 Å². The summed E-state index contributed by atoms with van der Waals surface area (Å²) in [7, 11) is 0. The maximum absolute atomic E-state index is 6.17. The van der Waals surface area contributed by atoms with Crippen LogP contribution in [-0.4, -0.2) is 25.3 Å². The van der Waals surface area contributed by atoms with Gasteiger partial charge in [0.1, 0.15) is 0 Å². The second-order valence-electron chi connectivity index (χ2n) is 6.49. The van der Waals surface area contributed by atoms with E-state index >= 15 is 0 Å². The molecule has 0 bridgehead atoms. The van der Waals surface area contributed by atoms with Crippen LogP contribution in [0.5, 0.6) is 0 Å². The van der Waals surface area contributed by atoms with Gasteiger partial charge in [-0.1, -0.05) is 40.0 Å². The standard InChI is InChI=1S/C15H29NO/c1-4-16-13-10-14(15(13,2)3)17-11-12-8-6-5-7-9-12/h12-14,16H,4-11H2,1-3H3. The van der Waals surface area contributed by atoms with E-state index in [0.717, 1.165) is 19.1 Å². The van der Waals surface area contributed by atoms with Crippen molar-refractivity contribution in [3.05, 3.63) is 0 Å². The average molecular weight is 239 g/mol. The van der Waals surface area contributed by atoms with E-state index in [4.69, 9.17) is 4.74 Å². The Labute approximate surface area is 107 Å². The molecule has 0 amide bonds. The summed E-state index contributed by atoms with van der Waals surface area (Å²) in [4.78, 5) is 0. The molecular formula is C15H29NO. The molecule has 2 fully saturated rings. The number of hydrogen-bond acceptors (Lipinski definition) is 2. The molecular weight excluding hydrogens is 210 g/mol. The van der Waals surface area contributed by atoms with Gasteiger partial charge in [0.25, 0.3) is 0 Å². The van der Waals surface area contributed by atoms with Crippen LogP contribution in [0.15, 0.2) is 0 Å². The van der Waals surface area contributed by atoms with Crippen LogP contribution >= 0.6 is 0 Å². The van der Waals surface area contributed by atoms with E-state index < -0.39 is 0 Å². The number of rotatable bonds is 5. The molecule has 0 aliphatic heterocycles. The number of nitrogens with one attached hydrogen (secondary N) is 1. The van der Waals surface area contributed by atoms with E-state index in [1.807, 2.05) is 0 Å². The van der Waals surface area contributed by atoms with Crippen LogP contribution in [-0.2, 0) is 4.74 Å². The zero-order chi connectivity index (χ0) is 12.3. The molecule has 2 aliphatic carbocycles. The smallest absolute Gasteiger partial charge is 0.0656 e. The molecule has 0 saturated heterocycles. The Balaban J connectivity index is 1.70. The third-order valence-corrected chi connectivity index (χ3v) is 4.89. The Kier molecular flexibility index (Phi) is 4.48. The summed E-state index contributed by atoms with van der Waals surface area (Å²) in [5.41, 5.74) is 0.324. The fourth-order valence-corrected chi connectivity index (χ4v) is 3.37. The second-order valence-corrected chi connectivity index (χ2v) is 6.49. The molecule has 100 valence electrons. The molecule has 0 aromatic rings. The van der Waals surface area contributed by atoms with Gasteiger partial charge in [0.15, 0.2) is 0 Å². The largest absolute Gasteiger partial charge is 0.377 e. The van der Waals surface area contributed by atoms with Crippen molar-refractivity contribution in [3.8, 4) is 0 Å². The Morgan fingerprint density at radius 3 is 2.47 bits per heavy atom. The summed E-state index contributed by atoms with van der Waals surface area (Å²) in [6.45, 7) is 8.95. The van der Waals surface area contributed by atoms with Crippen LogP contribution in [0.1, 0.15) is 59.3 Å². The van der Waals surface area contributed by atoms with Crippen LogP contribution in [0, 0.1) is 11.3 Å². The fourth-order valence-electron chi connectivity index (χ4n) is 3.37. The first-order chi connectivity index (χ1) is 8.14. The maximum atomic E-state index is 6.17. The molecule has 0 aromatic heterocycles. The highest BCUT2D eigenvalue weighted by molar-refractivity contribution is 5.02. The zero-order valence-electron chi connectivity index (χ0n) is 11.8. The van der Waals surface area contributed by atoms with Gasteiger partial charge in [-0.05, 0) is 31.7 Å². The summed E-state index contributed by atoms with van der Waals surface area (Å²) in [6.07, 6.45) is 8.74. The highest BCUT2D eigenvalue weighted by Gasteiger charge is 2.48. The van der Waals surface area contributed by atoms with Crippen LogP contribution in [0.4, 0.5) is 0 Å². The maximum Gasteiger partial charge on any atom is 0.0656 e. The number of hydrogen-bond donors (Lipinski definition) is 1. The molecule has 2 nitrogen and oxygen atoms in total. The molecule has 2 unspecified atom stereocenters. The van der Waals surface area contributed by atoms with Crippen molar-refractivity contribution in [2.75, 3.05) is 13.2 Å². The molecule has 0 spiro atoms. The predicted octanol–water partition coefficient (Wildman–Crippen LogP) is 3.36. The van der Waals surface area contributed by atoms with Gasteiger partial charge < -0.3 is 10.1 Å². The first kappa shape index (κ1) is 13.4. The summed E-state index contributed by atoms with van der Waals surface area (Å²) in [5, 5.41) is 3.56. The zero-order valence-corrected chi connectivity index (χ0v) is 11.8. The molecule has 2 heteroatoms. The lowest BCUT2D eigenvalue weighted by Gasteiger charge is -2.52. The average Bonchev–Trinajstić information content (AvgIpc) is 2.34. The van der Waals surface area contributed by atoms with E-state index in [2.05, 4.69) is 26.1 Å². The van der Waals surface area contributed by atoms with Crippen molar-refractivity contribution in [1.29, 1.82) is 0 Å². The van der Waals surface area contributed by atoms with Gasteiger partial charge in [-0.2, -0.15) is 0 Å². The third-order valence-electron chi connectivity index (χ3n) is 4.89. The van der Waals surface area contributed by atoms with E-state index in [1.165, 1.54) is 38.5 Å². The topological polar surface area (TPSA) is 21.3 Å². The van der Waals surface area contributed by atoms with Crippen molar-refractivity contribution >= 4 is 0 Å². The van der Waals surface area contributed by atoms with Crippen LogP contribution in [0.25, 0.3) is 0 Å². The van der Waals surface area contributed by atoms with Crippen LogP contribution < -0.4 is 5.32 Å². The van der Waals surface area contributed by atoms with Crippen molar-refractivity contribution in [1.82, 2.24) is 5.32 Å². The van der Waals surface area contributed by atoms with Gasteiger partial charge in [0.2, 0.25) is 0 Å². The lowest BCUT2D eigenvalue weighted by atomic mass is 9.64. The van der Waals surface area contributed by atoms with Gasteiger partial charge in [-0.3, -0.25) is 0 Å². The van der Waals surface area contributed by atoms with Gasteiger partial charge in [0, 0.05) is 18.1 Å². The van der Waals surface area contributed by atoms with Gasteiger partial charge in [0.05, 0.1) is 6.10 Å². The normalized spacial score (nSPS) is 33.4. The Morgan fingerprint density at radius 1 is 1.18 bits per heavy atom. The van der Waals surface area contributed by atoms with E-state index in [-0.39, 0.29) is 0 Å².